The average Bonchev–Trinajstić information content (AvgIpc) is 2.68. The minimum atomic E-state index is 0.399. The predicted octanol–water partition coefficient (Wildman–Crippen LogP) is 2.66. The molecule has 1 heterocycles. The van der Waals surface area contributed by atoms with E-state index in [0.29, 0.717) is 5.54 Å². The fourth-order valence-electron chi connectivity index (χ4n) is 2.33. The third-order valence-corrected chi connectivity index (χ3v) is 3.73. The molecule has 0 N–H and O–H groups in total. The quantitative estimate of drug-likeness (QED) is 0.536. The molecule has 2 fully saturated rings. The van der Waals surface area contributed by atoms with Crippen LogP contribution in [0.1, 0.15) is 46.5 Å². The summed E-state index contributed by atoms with van der Waals surface area (Å²) in [6.45, 7) is 9.67. The molecule has 1 nitrogen and oxygen atoms in total. The predicted molar refractivity (Wildman–Crippen MR) is 52.2 cm³/mol. The lowest BCUT2D eigenvalue weighted by Gasteiger charge is -2.41. The summed E-state index contributed by atoms with van der Waals surface area (Å²) in [5, 5.41) is 0. The molecule has 1 saturated heterocycles. The number of hydrogen-bond donors (Lipinski definition) is 0. The lowest BCUT2D eigenvalue weighted by Crippen LogP contribution is -2.46. The molecule has 70 valence electrons. The summed E-state index contributed by atoms with van der Waals surface area (Å²) in [7, 11) is 0. The summed E-state index contributed by atoms with van der Waals surface area (Å²) in [5.74, 6) is 0. The molecule has 0 bridgehead atoms. The zero-order valence-corrected chi connectivity index (χ0v) is 8.69. The van der Waals surface area contributed by atoms with Crippen molar-refractivity contribution < 1.29 is 0 Å². The van der Waals surface area contributed by atoms with E-state index >= 15 is 0 Å². The van der Waals surface area contributed by atoms with E-state index in [9.17, 15) is 0 Å². The van der Waals surface area contributed by atoms with Gasteiger partial charge in [-0.15, -0.1) is 0 Å². The van der Waals surface area contributed by atoms with Crippen LogP contribution in [0.2, 0.25) is 0 Å². The Balaban J connectivity index is 1.90. The monoisotopic (exact) mass is 167 g/mol. The fourth-order valence-corrected chi connectivity index (χ4v) is 2.33. The Labute approximate surface area is 76.1 Å². The van der Waals surface area contributed by atoms with Gasteiger partial charge in [0.1, 0.15) is 0 Å². The zero-order chi connectivity index (χ0) is 8.82. The second-order valence-corrected chi connectivity index (χ2v) is 5.66. The van der Waals surface area contributed by atoms with Crippen LogP contribution in [0.3, 0.4) is 0 Å². The highest BCUT2D eigenvalue weighted by molar-refractivity contribution is 4.98. The van der Waals surface area contributed by atoms with Gasteiger partial charge in [-0.3, -0.25) is 4.90 Å². The van der Waals surface area contributed by atoms with Crippen molar-refractivity contribution in [3.05, 3.63) is 0 Å². The van der Waals surface area contributed by atoms with E-state index in [2.05, 4.69) is 25.7 Å². The summed E-state index contributed by atoms with van der Waals surface area (Å²) in [4.78, 5) is 2.64. The van der Waals surface area contributed by atoms with E-state index < -0.39 is 0 Å². The fraction of sp³-hybridized carbons (Fsp3) is 1.00. The molecule has 0 unspecified atom stereocenters. The molecule has 0 atom stereocenters. The minimum absolute atomic E-state index is 0.399. The van der Waals surface area contributed by atoms with Crippen molar-refractivity contribution in [2.45, 2.75) is 52.0 Å². The highest BCUT2D eigenvalue weighted by Crippen LogP contribution is 2.54. The molecule has 0 aromatic rings. The van der Waals surface area contributed by atoms with Gasteiger partial charge < -0.3 is 0 Å². The van der Waals surface area contributed by atoms with E-state index in [4.69, 9.17) is 0 Å². The van der Waals surface area contributed by atoms with Crippen LogP contribution in [-0.4, -0.2) is 23.5 Å². The maximum atomic E-state index is 2.64. The molecule has 0 aromatic heterocycles. The van der Waals surface area contributed by atoms with Crippen molar-refractivity contribution in [1.82, 2.24) is 4.90 Å². The molecule has 2 rings (SSSR count). The first-order valence-corrected chi connectivity index (χ1v) is 5.27. The van der Waals surface area contributed by atoms with Crippen molar-refractivity contribution in [2.24, 2.45) is 5.41 Å². The van der Waals surface area contributed by atoms with Crippen molar-refractivity contribution >= 4 is 0 Å². The Kier molecular flexibility index (Phi) is 1.76. The van der Waals surface area contributed by atoms with Gasteiger partial charge in [0.15, 0.2) is 0 Å². The van der Waals surface area contributed by atoms with Gasteiger partial charge in [0.2, 0.25) is 0 Å². The topological polar surface area (TPSA) is 3.24 Å². The first kappa shape index (κ1) is 8.55. The molecule has 1 spiro atoms. The third kappa shape index (κ3) is 1.52. The van der Waals surface area contributed by atoms with Gasteiger partial charge in [0, 0.05) is 5.54 Å². The summed E-state index contributed by atoms with van der Waals surface area (Å²) in [6.07, 6.45) is 5.96. The van der Waals surface area contributed by atoms with Gasteiger partial charge in [-0.1, -0.05) is 0 Å². The van der Waals surface area contributed by atoms with Crippen molar-refractivity contribution in [2.75, 3.05) is 13.1 Å². The molecule has 1 aliphatic carbocycles. The highest BCUT2D eigenvalue weighted by atomic mass is 15.2. The number of piperidine rings is 1. The lowest BCUT2D eigenvalue weighted by atomic mass is 9.91. The minimum Gasteiger partial charge on any atom is -0.298 e. The van der Waals surface area contributed by atoms with Crippen LogP contribution in [-0.2, 0) is 0 Å². The standard InChI is InChI=1S/C11H21N/c1-10(2,3)12-8-6-11(4-5-11)7-9-12/h4-9H2,1-3H3. The Morgan fingerprint density at radius 2 is 1.42 bits per heavy atom. The molecule has 2 aliphatic rings. The summed E-state index contributed by atoms with van der Waals surface area (Å²) < 4.78 is 0. The van der Waals surface area contributed by atoms with E-state index in [1.54, 1.807) is 0 Å². The second kappa shape index (κ2) is 2.47. The smallest absolute Gasteiger partial charge is 0.0125 e. The molecular formula is C11H21N. The zero-order valence-electron chi connectivity index (χ0n) is 8.69. The van der Waals surface area contributed by atoms with Crippen molar-refractivity contribution in [1.29, 1.82) is 0 Å². The molecule has 0 amide bonds. The third-order valence-electron chi connectivity index (χ3n) is 3.73. The summed E-state index contributed by atoms with van der Waals surface area (Å²) in [5.41, 5.74) is 1.23. The van der Waals surface area contributed by atoms with Crippen molar-refractivity contribution in [3.63, 3.8) is 0 Å². The Morgan fingerprint density at radius 3 is 1.75 bits per heavy atom. The normalized spacial score (nSPS) is 29.2. The van der Waals surface area contributed by atoms with Crippen LogP contribution in [0.4, 0.5) is 0 Å². The van der Waals surface area contributed by atoms with Crippen LogP contribution in [0, 0.1) is 5.41 Å². The van der Waals surface area contributed by atoms with Crippen LogP contribution in [0.25, 0.3) is 0 Å². The number of nitrogens with zero attached hydrogens (tertiary/aromatic N) is 1. The number of likely N-dealkylation sites (tertiary alicyclic amines) is 1. The Hall–Kier alpha value is -0.0400. The molecule has 0 aromatic carbocycles. The van der Waals surface area contributed by atoms with Gasteiger partial charge in [0.25, 0.3) is 0 Å². The van der Waals surface area contributed by atoms with Gasteiger partial charge in [-0.25, -0.2) is 0 Å². The summed E-state index contributed by atoms with van der Waals surface area (Å²) in [6, 6.07) is 0. The van der Waals surface area contributed by atoms with Crippen molar-refractivity contribution in [3.8, 4) is 0 Å². The maximum absolute atomic E-state index is 2.64. The van der Waals surface area contributed by atoms with E-state index in [1.807, 2.05) is 0 Å². The van der Waals surface area contributed by atoms with Gasteiger partial charge in [-0.2, -0.15) is 0 Å². The van der Waals surface area contributed by atoms with E-state index in [0.717, 1.165) is 5.41 Å². The Morgan fingerprint density at radius 1 is 0.917 bits per heavy atom. The molecule has 1 aliphatic heterocycles. The lowest BCUT2D eigenvalue weighted by molar-refractivity contribution is 0.0808. The molecule has 1 heteroatoms. The molecule has 0 radical (unpaired) electrons. The van der Waals surface area contributed by atoms with E-state index in [1.165, 1.54) is 38.8 Å². The molecule has 1 saturated carbocycles. The van der Waals surface area contributed by atoms with E-state index in [-0.39, 0.29) is 0 Å². The SMILES string of the molecule is CC(C)(C)N1CCC2(CC1)CC2. The Bertz CT molecular complexity index is 164. The maximum Gasteiger partial charge on any atom is 0.0125 e. The molecule has 12 heavy (non-hydrogen) atoms. The van der Waals surface area contributed by atoms with Crippen LogP contribution < -0.4 is 0 Å². The van der Waals surface area contributed by atoms with Crippen LogP contribution in [0.5, 0.6) is 0 Å². The second-order valence-electron chi connectivity index (χ2n) is 5.66. The number of hydrogen-bond acceptors (Lipinski definition) is 1. The molecular weight excluding hydrogens is 146 g/mol. The number of rotatable bonds is 0. The largest absolute Gasteiger partial charge is 0.298 e. The highest BCUT2D eigenvalue weighted by Gasteiger charge is 2.45. The van der Waals surface area contributed by atoms with Crippen LogP contribution >= 0.6 is 0 Å². The van der Waals surface area contributed by atoms with Gasteiger partial charge in [-0.05, 0) is 65.0 Å². The van der Waals surface area contributed by atoms with Gasteiger partial charge in [0.05, 0.1) is 0 Å². The first-order chi connectivity index (χ1) is 5.52. The first-order valence-electron chi connectivity index (χ1n) is 5.27. The average molecular weight is 167 g/mol. The van der Waals surface area contributed by atoms with Gasteiger partial charge >= 0.3 is 0 Å². The summed E-state index contributed by atoms with van der Waals surface area (Å²) >= 11 is 0. The van der Waals surface area contributed by atoms with Crippen LogP contribution in [0.15, 0.2) is 0 Å².